The lowest BCUT2D eigenvalue weighted by molar-refractivity contribution is -0.125. The van der Waals surface area contributed by atoms with E-state index in [1.807, 2.05) is 59.5 Å². The van der Waals surface area contributed by atoms with Crippen molar-refractivity contribution in [3.8, 4) is 17.6 Å². The molecule has 34 heavy (non-hydrogen) atoms. The number of aromatic amines is 1. The predicted molar refractivity (Wildman–Crippen MR) is 132 cm³/mol. The van der Waals surface area contributed by atoms with Crippen LogP contribution in [0.1, 0.15) is 18.5 Å². The molecule has 1 amide bonds. The second-order valence-electron chi connectivity index (χ2n) is 8.19. The molecule has 2 aliphatic rings. The number of H-pyrrole nitrogens is 1. The Bertz CT molecular complexity index is 1330. The van der Waals surface area contributed by atoms with Crippen LogP contribution in [0.25, 0.3) is 11.0 Å². The smallest absolute Gasteiger partial charge is 0.246 e. The van der Waals surface area contributed by atoms with Crippen LogP contribution < -0.4 is 10.1 Å². The van der Waals surface area contributed by atoms with Crippen LogP contribution in [0.3, 0.4) is 0 Å². The number of likely N-dealkylation sites (tertiary alicyclic amines) is 1. The topological polar surface area (TPSA) is 83.1 Å². The molecule has 0 radical (unpaired) electrons. The highest BCUT2D eigenvalue weighted by atomic mass is 16.5. The van der Waals surface area contributed by atoms with Gasteiger partial charge in [0.05, 0.1) is 11.1 Å². The lowest BCUT2D eigenvalue weighted by atomic mass is 10.2. The van der Waals surface area contributed by atoms with Gasteiger partial charge in [-0.1, -0.05) is 48.4 Å². The molecule has 170 valence electrons. The Hall–Kier alpha value is -4.31. The zero-order valence-corrected chi connectivity index (χ0v) is 18.7. The fourth-order valence-corrected chi connectivity index (χ4v) is 4.03. The van der Waals surface area contributed by atoms with Crippen molar-refractivity contribution in [2.24, 2.45) is 0 Å². The number of para-hydroxylation sites is 1. The van der Waals surface area contributed by atoms with E-state index in [0.29, 0.717) is 13.2 Å². The molecule has 1 aliphatic carbocycles. The van der Waals surface area contributed by atoms with Crippen LogP contribution in [0.15, 0.2) is 78.7 Å². The summed E-state index contributed by atoms with van der Waals surface area (Å²) in [6, 6.07) is 11.7. The molecule has 1 saturated heterocycles. The minimum absolute atomic E-state index is 0.0434. The van der Waals surface area contributed by atoms with Gasteiger partial charge >= 0.3 is 0 Å². The molecule has 7 nitrogen and oxygen atoms in total. The minimum Gasteiger partial charge on any atom is -0.481 e. The van der Waals surface area contributed by atoms with Crippen molar-refractivity contribution in [3.05, 3.63) is 84.4 Å². The third kappa shape index (κ3) is 5.18. The number of fused-ring (bicyclic) bond motifs is 1. The number of carbonyl (C=O) groups excluding carboxylic acids is 1. The van der Waals surface area contributed by atoms with Crippen LogP contribution in [0.5, 0.6) is 5.75 Å². The number of hydrogen-bond donors (Lipinski definition) is 2. The number of anilines is 1. The van der Waals surface area contributed by atoms with E-state index in [-0.39, 0.29) is 11.9 Å². The molecule has 0 bridgehead atoms. The van der Waals surface area contributed by atoms with Crippen molar-refractivity contribution in [1.29, 1.82) is 0 Å². The highest BCUT2D eigenvalue weighted by Crippen LogP contribution is 2.23. The van der Waals surface area contributed by atoms with Gasteiger partial charge in [0.25, 0.3) is 0 Å². The second kappa shape index (κ2) is 10.1. The van der Waals surface area contributed by atoms with Crippen LogP contribution in [0, 0.1) is 11.8 Å². The Balaban J connectivity index is 1.19. The number of allylic oxidation sites excluding steroid dienone is 5. The van der Waals surface area contributed by atoms with Crippen LogP contribution in [-0.4, -0.2) is 51.5 Å². The summed E-state index contributed by atoms with van der Waals surface area (Å²) in [7, 11) is 0. The molecular weight excluding hydrogens is 426 g/mol. The fraction of sp³-hybridized carbons (Fsp3) is 0.222. The van der Waals surface area contributed by atoms with Crippen LogP contribution >= 0.6 is 0 Å². The highest BCUT2D eigenvalue weighted by molar-refractivity contribution is 5.89. The summed E-state index contributed by atoms with van der Waals surface area (Å²) in [6.07, 6.45) is 13.0. The zero-order valence-electron chi connectivity index (χ0n) is 18.7. The van der Waals surface area contributed by atoms with Gasteiger partial charge in [0, 0.05) is 25.2 Å². The maximum Gasteiger partial charge on any atom is 0.246 e. The molecule has 0 spiro atoms. The lowest BCUT2D eigenvalue weighted by Crippen LogP contribution is -2.30. The Labute approximate surface area is 198 Å². The maximum absolute atomic E-state index is 12.5. The Morgan fingerprint density at radius 1 is 1.29 bits per heavy atom. The van der Waals surface area contributed by atoms with Crippen molar-refractivity contribution < 1.29 is 9.53 Å². The van der Waals surface area contributed by atoms with Gasteiger partial charge in [0.2, 0.25) is 5.91 Å². The largest absolute Gasteiger partial charge is 0.481 e. The van der Waals surface area contributed by atoms with Crippen molar-refractivity contribution in [1.82, 2.24) is 19.9 Å². The molecule has 7 heteroatoms. The van der Waals surface area contributed by atoms with Gasteiger partial charge in [0.15, 0.2) is 0 Å². The molecular formula is C27H25N5O2. The SMILES string of the molecule is O=C(/C=C/C1=CC=CC1)N1CCC(Nc2ncnc3[nH]c(C#CCOc4ccccc4)cc23)C1. The summed E-state index contributed by atoms with van der Waals surface area (Å²) in [5.41, 5.74) is 2.63. The van der Waals surface area contributed by atoms with Gasteiger partial charge in [-0.2, -0.15) is 0 Å². The number of nitrogens with zero attached hydrogens (tertiary/aromatic N) is 3. The first-order chi connectivity index (χ1) is 16.7. The summed E-state index contributed by atoms with van der Waals surface area (Å²) in [4.78, 5) is 26.4. The van der Waals surface area contributed by atoms with Crippen molar-refractivity contribution in [2.75, 3.05) is 25.0 Å². The molecule has 3 heterocycles. The average Bonchev–Trinajstić information content (AvgIpc) is 3.62. The van der Waals surface area contributed by atoms with E-state index in [4.69, 9.17) is 4.74 Å². The summed E-state index contributed by atoms with van der Waals surface area (Å²) in [6.45, 7) is 1.65. The third-order valence-electron chi connectivity index (χ3n) is 5.78. The standard InChI is InChI=1S/C27H25N5O2/c33-25(13-12-20-7-4-5-8-20)32-15-14-22(18-32)31-27-24-17-21(30-26(24)28-19-29-27)9-6-16-34-23-10-2-1-3-11-23/h1-5,7,10-13,17,19,22H,8,14-16,18H2,(H2,28,29,30,31)/b13-12+. The molecule has 1 unspecified atom stereocenters. The van der Waals surface area contributed by atoms with E-state index in [1.165, 1.54) is 6.33 Å². The van der Waals surface area contributed by atoms with Gasteiger partial charge in [-0.15, -0.1) is 0 Å². The molecule has 1 aliphatic heterocycles. The number of aromatic nitrogens is 3. The normalized spacial score (nSPS) is 17.1. The molecule has 5 rings (SSSR count). The lowest BCUT2D eigenvalue weighted by Gasteiger charge is -2.16. The number of hydrogen-bond acceptors (Lipinski definition) is 5. The van der Waals surface area contributed by atoms with E-state index in [2.05, 4.69) is 38.2 Å². The van der Waals surface area contributed by atoms with Crippen LogP contribution in [0.2, 0.25) is 0 Å². The quantitative estimate of drug-likeness (QED) is 0.440. The highest BCUT2D eigenvalue weighted by Gasteiger charge is 2.25. The average molecular weight is 452 g/mol. The van der Waals surface area contributed by atoms with Gasteiger partial charge in [0.1, 0.15) is 30.1 Å². The molecule has 3 aromatic rings. The predicted octanol–water partition coefficient (Wildman–Crippen LogP) is 3.84. The number of ether oxygens (including phenoxy) is 1. The fourth-order valence-electron chi connectivity index (χ4n) is 4.03. The summed E-state index contributed by atoms with van der Waals surface area (Å²) in [5.74, 6) is 7.69. The van der Waals surface area contributed by atoms with Crippen LogP contribution in [-0.2, 0) is 4.79 Å². The molecule has 1 fully saturated rings. The van der Waals surface area contributed by atoms with Crippen molar-refractivity contribution >= 4 is 22.8 Å². The van der Waals surface area contributed by atoms with E-state index >= 15 is 0 Å². The first-order valence-electron chi connectivity index (χ1n) is 11.3. The number of rotatable bonds is 6. The molecule has 2 N–H and O–H groups in total. The molecule has 2 aromatic heterocycles. The molecule has 1 atom stereocenters. The van der Waals surface area contributed by atoms with E-state index in [9.17, 15) is 4.79 Å². The number of benzene rings is 1. The first kappa shape index (κ1) is 21.5. The van der Waals surface area contributed by atoms with Crippen molar-refractivity contribution in [3.63, 3.8) is 0 Å². The molecule has 1 aromatic carbocycles. The van der Waals surface area contributed by atoms with E-state index < -0.39 is 0 Å². The summed E-state index contributed by atoms with van der Waals surface area (Å²) < 4.78 is 5.62. The Kier molecular flexibility index (Phi) is 6.39. The van der Waals surface area contributed by atoms with E-state index in [0.717, 1.165) is 53.3 Å². The van der Waals surface area contributed by atoms with Gasteiger partial charge in [-0.3, -0.25) is 4.79 Å². The Morgan fingerprint density at radius 2 is 2.21 bits per heavy atom. The summed E-state index contributed by atoms with van der Waals surface area (Å²) in [5, 5.41) is 4.36. The maximum atomic E-state index is 12.5. The first-order valence-corrected chi connectivity index (χ1v) is 11.3. The van der Waals surface area contributed by atoms with Gasteiger partial charge in [-0.05, 0) is 42.5 Å². The minimum atomic E-state index is 0.0434. The van der Waals surface area contributed by atoms with Crippen molar-refractivity contribution in [2.45, 2.75) is 18.9 Å². The number of nitrogens with one attached hydrogen (secondary N) is 2. The summed E-state index contributed by atoms with van der Waals surface area (Å²) >= 11 is 0. The second-order valence-corrected chi connectivity index (χ2v) is 8.19. The number of carbonyl (C=O) groups is 1. The monoisotopic (exact) mass is 451 g/mol. The van der Waals surface area contributed by atoms with Gasteiger partial charge in [-0.25, -0.2) is 9.97 Å². The van der Waals surface area contributed by atoms with Gasteiger partial charge < -0.3 is 19.9 Å². The number of amides is 1. The zero-order chi connectivity index (χ0) is 23.2. The molecule has 0 saturated carbocycles. The van der Waals surface area contributed by atoms with E-state index in [1.54, 1.807) is 6.08 Å². The van der Waals surface area contributed by atoms with Crippen LogP contribution in [0.4, 0.5) is 5.82 Å². The Morgan fingerprint density at radius 3 is 3.06 bits per heavy atom. The third-order valence-corrected chi connectivity index (χ3v) is 5.78.